The number of rotatable bonds is 9. The minimum atomic E-state index is 0.0917. The monoisotopic (exact) mass is 277 g/mol. The van der Waals surface area contributed by atoms with E-state index in [9.17, 15) is 0 Å². The average Bonchev–Trinajstić information content (AvgIpc) is 2.50. The van der Waals surface area contributed by atoms with Crippen LogP contribution >= 0.6 is 0 Å². The molecule has 1 unspecified atom stereocenters. The van der Waals surface area contributed by atoms with Gasteiger partial charge in [0.2, 0.25) is 0 Å². The second-order valence-electron chi connectivity index (χ2n) is 5.26. The molecule has 3 N–H and O–H groups in total. The summed E-state index contributed by atoms with van der Waals surface area (Å²) in [5.74, 6) is 0.404. The van der Waals surface area contributed by atoms with Gasteiger partial charge in [0.1, 0.15) is 5.84 Å². The lowest BCUT2D eigenvalue weighted by Gasteiger charge is -2.23. The Bertz CT molecular complexity index is 392. The molecule has 0 heterocycles. The fourth-order valence-electron chi connectivity index (χ4n) is 2.27. The van der Waals surface area contributed by atoms with Crippen molar-refractivity contribution in [3.63, 3.8) is 0 Å². The predicted molar refractivity (Wildman–Crippen MR) is 84.1 cm³/mol. The predicted octanol–water partition coefficient (Wildman–Crippen LogP) is 2.71. The number of benzene rings is 1. The fourth-order valence-corrected chi connectivity index (χ4v) is 2.27. The Kier molecular flexibility index (Phi) is 7.73. The molecule has 4 nitrogen and oxygen atoms in total. The third-order valence-electron chi connectivity index (χ3n) is 3.63. The van der Waals surface area contributed by atoms with Crippen molar-refractivity contribution < 1.29 is 5.21 Å². The summed E-state index contributed by atoms with van der Waals surface area (Å²) < 4.78 is 0. The lowest BCUT2D eigenvalue weighted by molar-refractivity contribution is 0.260. The number of hydrogen-bond donors (Lipinski definition) is 2. The smallest absolute Gasteiger partial charge is 0.143 e. The molecule has 0 aliphatic heterocycles. The highest BCUT2D eigenvalue weighted by Gasteiger charge is 2.12. The first-order valence-corrected chi connectivity index (χ1v) is 7.41. The summed E-state index contributed by atoms with van der Waals surface area (Å²) in [4.78, 5) is 2.35. The average molecular weight is 277 g/mol. The molecule has 1 atom stereocenters. The van der Waals surface area contributed by atoms with Gasteiger partial charge in [-0.3, -0.25) is 0 Å². The van der Waals surface area contributed by atoms with Gasteiger partial charge in [0, 0.05) is 12.5 Å². The number of aryl methyl sites for hydroxylation is 1. The maximum atomic E-state index is 8.68. The molecule has 112 valence electrons. The van der Waals surface area contributed by atoms with E-state index in [1.54, 1.807) is 0 Å². The summed E-state index contributed by atoms with van der Waals surface area (Å²) >= 11 is 0. The summed E-state index contributed by atoms with van der Waals surface area (Å²) in [7, 11) is 0. The molecule has 0 aromatic heterocycles. The number of hydrogen-bond acceptors (Lipinski definition) is 3. The number of amidine groups is 1. The molecule has 0 saturated carbocycles. The summed E-state index contributed by atoms with van der Waals surface area (Å²) in [6, 6.07) is 10.6. The molecule has 20 heavy (non-hydrogen) atoms. The SMILES string of the molecule is CCN(CCCCc1ccccc1)CC(C)/C(N)=N/O. The lowest BCUT2D eigenvalue weighted by Crippen LogP contribution is -2.35. The minimum Gasteiger partial charge on any atom is -0.409 e. The lowest BCUT2D eigenvalue weighted by atomic mass is 10.1. The van der Waals surface area contributed by atoms with Crippen molar-refractivity contribution >= 4 is 5.84 Å². The van der Waals surface area contributed by atoms with Crippen LogP contribution in [0.4, 0.5) is 0 Å². The van der Waals surface area contributed by atoms with E-state index in [1.807, 2.05) is 6.92 Å². The van der Waals surface area contributed by atoms with E-state index in [4.69, 9.17) is 10.9 Å². The van der Waals surface area contributed by atoms with Gasteiger partial charge in [0.05, 0.1) is 0 Å². The van der Waals surface area contributed by atoms with Gasteiger partial charge in [0.15, 0.2) is 0 Å². The normalized spacial score (nSPS) is 13.7. The van der Waals surface area contributed by atoms with Gasteiger partial charge in [0.25, 0.3) is 0 Å². The molecule has 0 amide bonds. The summed E-state index contributed by atoms with van der Waals surface area (Å²) in [6.45, 7) is 7.04. The zero-order chi connectivity index (χ0) is 14.8. The Morgan fingerprint density at radius 2 is 2.00 bits per heavy atom. The zero-order valence-electron chi connectivity index (χ0n) is 12.6. The van der Waals surface area contributed by atoms with Crippen molar-refractivity contribution in [1.82, 2.24) is 4.90 Å². The van der Waals surface area contributed by atoms with Gasteiger partial charge < -0.3 is 15.8 Å². The minimum absolute atomic E-state index is 0.0917. The van der Waals surface area contributed by atoms with E-state index in [2.05, 4.69) is 47.3 Å². The third-order valence-corrected chi connectivity index (χ3v) is 3.63. The molecule has 0 aliphatic carbocycles. The van der Waals surface area contributed by atoms with Crippen molar-refractivity contribution in [2.45, 2.75) is 33.1 Å². The van der Waals surface area contributed by atoms with E-state index in [1.165, 1.54) is 18.4 Å². The number of nitrogens with zero attached hydrogens (tertiary/aromatic N) is 2. The molecule has 0 fully saturated rings. The number of oxime groups is 1. The maximum Gasteiger partial charge on any atom is 0.143 e. The zero-order valence-corrected chi connectivity index (χ0v) is 12.6. The topological polar surface area (TPSA) is 61.8 Å². The third kappa shape index (κ3) is 6.06. The van der Waals surface area contributed by atoms with Crippen LogP contribution in [0.5, 0.6) is 0 Å². The van der Waals surface area contributed by atoms with Crippen LogP contribution in [0.3, 0.4) is 0 Å². The van der Waals surface area contributed by atoms with Crippen LogP contribution in [0.25, 0.3) is 0 Å². The molecule has 4 heteroatoms. The summed E-state index contributed by atoms with van der Waals surface area (Å²) in [5.41, 5.74) is 7.03. The highest BCUT2D eigenvalue weighted by Crippen LogP contribution is 2.07. The van der Waals surface area contributed by atoms with Crippen LogP contribution in [0.2, 0.25) is 0 Å². The van der Waals surface area contributed by atoms with Crippen molar-refractivity contribution in [2.75, 3.05) is 19.6 Å². The number of unbranched alkanes of at least 4 members (excludes halogenated alkanes) is 1. The first-order chi connectivity index (χ1) is 9.67. The van der Waals surface area contributed by atoms with E-state index >= 15 is 0 Å². The molecular formula is C16H27N3O. The highest BCUT2D eigenvalue weighted by molar-refractivity contribution is 5.82. The molecule has 0 aliphatic rings. The van der Waals surface area contributed by atoms with Crippen molar-refractivity contribution in [1.29, 1.82) is 0 Å². The number of nitrogens with two attached hydrogens (primary N) is 1. The van der Waals surface area contributed by atoms with Crippen LogP contribution in [-0.2, 0) is 6.42 Å². The van der Waals surface area contributed by atoms with Gasteiger partial charge in [-0.25, -0.2) is 0 Å². The second-order valence-corrected chi connectivity index (χ2v) is 5.26. The molecule has 0 spiro atoms. The van der Waals surface area contributed by atoms with Crippen LogP contribution in [0, 0.1) is 5.92 Å². The van der Waals surface area contributed by atoms with Crippen LogP contribution in [0.1, 0.15) is 32.3 Å². The Hall–Kier alpha value is -1.55. The Morgan fingerprint density at radius 1 is 1.30 bits per heavy atom. The van der Waals surface area contributed by atoms with Crippen molar-refractivity contribution in [3.05, 3.63) is 35.9 Å². The van der Waals surface area contributed by atoms with E-state index in [-0.39, 0.29) is 5.92 Å². The molecule has 1 rings (SSSR count). The van der Waals surface area contributed by atoms with Gasteiger partial charge in [-0.2, -0.15) is 0 Å². The van der Waals surface area contributed by atoms with E-state index in [0.29, 0.717) is 5.84 Å². The second kappa shape index (κ2) is 9.37. The molecular weight excluding hydrogens is 250 g/mol. The van der Waals surface area contributed by atoms with Crippen molar-refractivity contribution in [3.8, 4) is 0 Å². The highest BCUT2D eigenvalue weighted by atomic mass is 16.4. The Morgan fingerprint density at radius 3 is 2.60 bits per heavy atom. The van der Waals surface area contributed by atoms with Crippen LogP contribution < -0.4 is 5.73 Å². The van der Waals surface area contributed by atoms with E-state index in [0.717, 1.165) is 26.1 Å². The first kappa shape index (κ1) is 16.5. The molecule has 1 aromatic rings. The van der Waals surface area contributed by atoms with E-state index < -0.39 is 0 Å². The van der Waals surface area contributed by atoms with Gasteiger partial charge in [-0.1, -0.05) is 49.3 Å². The summed E-state index contributed by atoms with van der Waals surface area (Å²) in [6.07, 6.45) is 3.50. The first-order valence-electron chi connectivity index (χ1n) is 7.41. The fraction of sp³-hybridized carbons (Fsp3) is 0.562. The Balaban J connectivity index is 2.24. The van der Waals surface area contributed by atoms with Gasteiger partial charge in [-0.05, 0) is 37.9 Å². The van der Waals surface area contributed by atoms with Gasteiger partial charge >= 0.3 is 0 Å². The maximum absolute atomic E-state index is 8.68. The molecule has 0 bridgehead atoms. The largest absolute Gasteiger partial charge is 0.409 e. The molecule has 0 saturated heterocycles. The van der Waals surface area contributed by atoms with Gasteiger partial charge in [-0.15, -0.1) is 0 Å². The van der Waals surface area contributed by atoms with Crippen molar-refractivity contribution in [2.24, 2.45) is 16.8 Å². The summed E-state index contributed by atoms with van der Waals surface area (Å²) in [5, 5.41) is 11.8. The van der Waals surface area contributed by atoms with Crippen LogP contribution in [0.15, 0.2) is 35.5 Å². The molecule has 1 aromatic carbocycles. The Labute approximate surface area is 122 Å². The quantitative estimate of drug-likeness (QED) is 0.240. The molecule has 0 radical (unpaired) electrons. The van der Waals surface area contributed by atoms with Crippen LogP contribution in [-0.4, -0.2) is 35.6 Å². The standard InChI is InChI=1S/C16H27N3O/c1-3-19(13-14(2)16(17)18-20)12-8-7-11-15-9-5-4-6-10-15/h4-6,9-10,14,20H,3,7-8,11-13H2,1-2H3,(H2,17,18).